The Hall–Kier alpha value is -2.76. The Bertz CT molecular complexity index is 831. The lowest BCUT2D eigenvalue weighted by atomic mass is 10.0. The molecule has 138 valence electrons. The number of benzene rings is 2. The van der Waals surface area contributed by atoms with Gasteiger partial charge in [-0.15, -0.1) is 0 Å². The minimum atomic E-state index is -0.477. The number of rotatable bonds is 5. The highest BCUT2D eigenvalue weighted by Crippen LogP contribution is 2.22. The molecule has 1 saturated heterocycles. The smallest absolute Gasteiger partial charge is 0.225 e. The van der Waals surface area contributed by atoms with Crippen LogP contribution in [-0.4, -0.2) is 52.7 Å². The van der Waals surface area contributed by atoms with E-state index in [0.717, 1.165) is 37.7 Å². The second-order valence-corrected chi connectivity index (χ2v) is 6.84. The summed E-state index contributed by atoms with van der Waals surface area (Å²) in [7, 11) is 0. The zero-order chi connectivity index (χ0) is 18.5. The normalized spacial score (nSPS) is 16.3. The summed E-state index contributed by atoms with van der Waals surface area (Å²) in [6.45, 7) is 4.20. The predicted molar refractivity (Wildman–Crippen MR) is 108 cm³/mol. The van der Waals surface area contributed by atoms with Gasteiger partial charge in [0.1, 0.15) is 0 Å². The molecule has 1 fully saturated rings. The second-order valence-electron chi connectivity index (χ2n) is 6.84. The van der Waals surface area contributed by atoms with Crippen molar-refractivity contribution in [1.29, 1.82) is 0 Å². The Balaban J connectivity index is 1.32. The molecular weight excluding hydrogens is 336 g/mol. The average molecular weight is 360 g/mol. The maximum atomic E-state index is 10.6. The van der Waals surface area contributed by atoms with Crippen LogP contribution in [0.1, 0.15) is 11.7 Å². The third kappa shape index (κ3) is 4.32. The van der Waals surface area contributed by atoms with Crippen LogP contribution >= 0.6 is 0 Å². The van der Waals surface area contributed by atoms with E-state index in [1.165, 1.54) is 11.1 Å². The molecule has 27 heavy (non-hydrogen) atoms. The number of aromatic nitrogens is 2. The van der Waals surface area contributed by atoms with Crippen LogP contribution in [0.4, 0.5) is 5.95 Å². The molecule has 0 saturated carbocycles. The number of piperazine rings is 1. The summed E-state index contributed by atoms with van der Waals surface area (Å²) >= 11 is 0. The Morgan fingerprint density at radius 1 is 0.778 bits per heavy atom. The highest BCUT2D eigenvalue weighted by Gasteiger charge is 2.21. The van der Waals surface area contributed by atoms with Gasteiger partial charge in [0.15, 0.2) is 0 Å². The zero-order valence-corrected chi connectivity index (χ0v) is 15.3. The predicted octanol–water partition coefficient (Wildman–Crippen LogP) is 3.00. The Labute approximate surface area is 159 Å². The van der Waals surface area contributed by atoms with Crippen LogP contribution in [0.25, 0.3) is 11.1 Å². The highest BCUT2D eigenvalue weighted by atomic mass is 16.3. The molecule has 2 aromatic carbocycles. The van der Waals surface area contributed by atoms with Crippen molar-refractivity contribution in [2.75, 3.05) is 37.6 Å². The lowest BCUT2D eigenvalue weighted by molar-refractivity contribution is 0.109. The number of nitrogens with zero attached hydrogens (tertiary/aromatic N) is 4. The fraction of sp³-hybridized carbons (Fsp3) is 0.273. The van der Waals surface area contributed by atoms with Gasteiger partial charge >= 0.3 is 0 Å². The first-order chi connectivity index (χ1) is 13.3. The number of anilines is 1. The molecule has 1 N–H and O–H groups in total. The molecule has 0 aliphatic carbocycles. The molecule has 0 amide bonds. The van der Waals surface area contributed by atoms with E-state index in [-0.39, 0.29) is 0 Å². The molecule has 4 rings (SSSR count). The van der Waals surface area contributed by atoms with Gasteiger partial charge in [-0.25, -0.2) is 9.97 Å². The molecule has 2 heterocycles. The van der Waals surface area contributed by atoms with Crippen molar-refractivity contribution in [3.63, 3.8) is 0 Å². The van der Waals surface area contributed by atoms with E-state index in [1.54, 1.807) is 12.4 Å². The van der Waals surface area contributed by atoms with Gasteiger partial charge in [0, 0.05) is 45.1 Å². The molecule has 5 nitrogen and oxygen atoms in total. The molecule has 5 heteroatoms. The van der Waals surface area contributed by atoms with Crippen molar-refractivity contribution in [3.8, 4) is 11.1 Å². The standard InChI is InChI=1S/C22H24N4O/c27-21(20-9-7-19(8-10-20)18-5-2-1-3-6-18)17-25-13-15-26(16-14-25)22-23-11-4-12-24-22/h1-12,21,27H,13-17H2/t21-/m1/s1. The van der Waals surface area contributed by atoms with Gasteiger partial charge in [0.05, 0.1) is 6.10 Å². The quantitative estimate of drug-likeness (QED) is 0.758. The van der Waals surface area contributed by atoms with Gasteiger partial charge in [-0.05, 0) is 22.8 Å². The molecular formula is C22H24N4O. The van der Waals surface area contributed by atoms with Crippen LogP contribution in [0.5, 0.6) is 0 Å². The molecule has 0 bridgehead atoms. The first-order valence-corrected chi connectivity index (χ1v) is 9.37. The van der Waals surface area contributed by atoms with Crippen LogP contribution in [-0.2, 0) is 0 Å². The lowest BCUT2D eigenvalue weighted by Gasteiger charge is -2.35. The minimum absolute atomic E-state index is 0.477. The summed E-state index contributed by atoms with van der Waals surface area (Å²) in [6, 6.07) is 20.4. The van der Waals surface area contributed by atoms with Crippen molar-refractivity contribution in [2.45, 2.75) is 6.10 Å². The maximum absolute atomic E-state index is 10.6. The van der Waals surface area contributed by atoms with Crippen LogP contribution in [0, 0.1) is 0 Å². The van der Waals surface area contributed by atoms with Gasteiger partial charge in [0.25, 0.3) is 0 Å². The maximum Gasteiger partial charge on any atom is 0.225 e. The summed E-state index contributed by atoms with van der Waals surface area (Å²) in [4.78, 5) is 13.1. The van der Waals surface area contributed by atoms with Crippen molar-refractivity contribution in [2.24, 2.45) is 0 Å². The van der Waals surface area contributed by atoms with E-state index >= 15 is 0 Å². The first-order valence-electron chi connectivity index (χ1n) is 9.37. The zero-order valence-electron chi connectivity index (χ0n) is 15.3. The molecule has 1 aliphatic heterocycles. The summed E-state index contributed by atoms with van der Waals surface area (Å²) in [5.74, 6) is 0.786. The fourth-order valence-electron chi connectivity index (χ4n) is 3.46. The molecule has 0 spiro atoms. The molecule has 1 aliphatic rings. The summed E-state index contributed by atoms with van der Waals surface area (Å²) in [6.07, 6.45) is 3.07. The number of hydrogen-bond acceptors (Lipinski definition) is 5. The molecule has 0 radical (unpaired) electrons. The van der Waals surface area contributed by atoms with E-state index in [4.69, 9.17) is 0 Å². The monoisotopic (exact) mass is 360 g/mol. The third-order valence-corrected chi connectivity index (χ3v) is 5.04. The number of β-amino-alcohol motifs (C(OH)–C–C–N with tert-alkyl or cyclic N) is 1. The van der Waals surface area contributed by atoms with Crippen LogP contribution in [0.3, 0.4) is 0 Å². The van der Waals surface area contributed by atoms with Crippen molar-refractivity contribution >= 4 is 5.95 Å². The molecule has 1 atom stereocenters. The summed E-state index contributed by atoms with van der Waals surface area (Å²) in [5, 5.41) is 10.6. The second kappa shape index (κ2) is 8.29. The molecule has 1 aromatic heterocycles. The van der Waals surface area contributed by atoms with Gasteiger partial charge < -0.3 is 10.0 Å². The number of aliphatic hydroxyl groups excluding tert-OH is 1. The largest absolute Gasteiger partial charge is 0.387 e. The fourth-order valence-corrected chi connectivity index (χ4v) is 3.46. The van der Waals surface area contributed by atoms with E-state index in [1.807, 2.05) is 36.4 Å². The Morgan fingerprint density at radius 3 is 2.07 bits per heavy atom. The van der Waals surface area contributed by atoms with Gasteiger partial charge in [0.2, 0.25) is 5.95 Å². The topological polar surface area (TPSA) is 52.5 Å². The Kier molecular flexibility index (Phi) is 5.42. The SMILES string of the molecule is O[C@H](CN1CCN(c2ncccn2)CC1)c1ccc(-c2ccccc2)cc1. The van der Waals surface area contributed by atoms with E-state index in [0.29, 0.717) is 6.54 Å². The van der Waals surface area contributed by atoms with Crippen LogP contribution in [0.15, 0.2) is 73.1 Å². The summed E-state index contributed by atoms with van der Waals surface area (Å²) in [5.41, 5.74) is 3.32. The van der Waals surface area contributed by atoms with Crippen molar-refractivity contribution in [1.82, 2.24) is 14.9 Å². The van der Waals surface area contributed by atoms with E-state index in [2.05, 4.69) is 44.0 Å². The van der Waals surface area contributed by atoms with Gasteiger partial charge in [-0.2, -0.15) is 0 Å². The van der Waals surface area contributed by atoms with E-state index in [9.17, 15) is 5.11 Å². The van der Waals surface area contributed by atoms with Crippen molar-refractivity contribution < 1.29 is 5.11 Å². The minimum Gasteiger partial charge on any atom is -0.387 e. The Morgan fingerprint density at radius 2 is 1.41 bits per heavy atom. The number of aliphatic hydroxyl groups is 1. The molecule has 0 unspecified atom stereocenters. The lowest BCUT2D eigenvalue weighted by Crippen LogP contribution is -2.48. The summed E-state index contributed by atoms with van der Waals surface area (Å²) < 4.78 is 0. The van der Waals surface area contributed by atoms with E-state index < -0.39 is 6.10 Å². The van der Waals surface area contributed by atoms with Gasteiger partial charge in [-0.1, -0.05) is 54.6 Å². The van der Waals surface area contributed by atoms with Crippen LogP contribution < -0.4 is 4.90 Å². The van der Waals surface area contributed by atoms with Crippen molar-refractivity contribution in [3.05, 3.63) is 78.6 Å². The molecule has 3 aromatic rings. The van der Waals surface area contributed by atoms with Gasteiger partial charge in [-0.3, -0.25) is 4.90 Å². The van der Waals surface area contributed by atoms with Crippen LogP contribution in [0.2, 0.25) is 0 Å². The highest BCUT2D eigenvalue weighted by molar-refractivity contribution is 5.63. The first kappa shape index (κ1) is 17.6. The number of hydrogen-bond donors (Lipinski definition) is 1. The third-order valence-electron chi connectivity index (χ3n) is 5.04. The average Bonchev–Trinajstić information content (AvgIpc) is 2.76.